The van der Waals surface area contributed by atoms with Gasteiger partial charge in [-0.15, -0.1) is 0 Å². The third-order valence-electron chi connectivity index (χ3n) is 3.18. The second kappa shape index (κ2) is 6.19. The summed E-state index contributed by atoms with van der Waals surface area (Å²) in [4.78, 5) is 0. The second-order valence-corrected chi connectivity index (χ2v) is 4.62. The molecular formula is C13H16ClF3O4. The number of hydrogen-bond acceptors (Lipinski definition) is 4. The molecule has 1 rings (SSSR count). The lowest BCUT2D eigenvalue weighted by Gasteiger charge is -2.32. The lowest BCUT2D eigenvalue weighted by Crippen LogP contribution is -2.42. The smallest absolute Gasteiger partial charge is 0.421 e. The van der Waals surface area contributed by atoms with Gasteiger partial charge in [0.25, 0.3) is 0 Å². The zero-order valence-corrected chi connectivity index (χ0v) is 12.7. The largest absolute Gasteiger partial charge is 0.492 e. The Hall–Kier alpha value is -1.34. The van der Waals surface area contributed by atoms with Crippen molar-refractivity contribution in [3.8, 4) is 17.2 Å². The molecule has 0 aliphatic carbocycles. The minimum Gasteiger partial charge on any atom is -0.492 e. The summed E-state index contributed by atoms with van der Waals surface area (Å²) in [5.41, 5.74) is -3.63. The Labute approximate surface area is 125 Å². The zero-order valence-electron chi connectivity index (χ0n) is 12.0. The number of rotatable bonds is 5. The average Bonchev–Trinajstić information content (AvgIpc) is 2.43. The topological polar surface area (TPSA) is 47.9 Å². The van der Waals surface area contributed by atoms with Crippen LogP contribution in [-0.4, -0.2) is 32.6 Å². The van der Waals surface area contributed by atoms with Gasteiger partial charge in [0.05, 0.1) is 26.4 Å². The molecule has 1 unspecified atom stereocenters. The van der Waals surface area contributed by atoms with Crippen LogP contribution in [0.1, 0.15) is 18.9 Å². The number of ether oxygens (including phenoxy) is 3. The number of aliphatic hydroxyl groups is 1. The molecule has 1 atom stereocenters. The Balaban J connectivity index is 3.75. The van der Waals surface area contributed by atoms with Crippen LogP contribution in [0.25, 0.3) is 0 Å². The minimum atomic E-state index is -4.90. The maximum atomic E-state index is 13.2. The van der Waals surface area contributed by atoms with Crippen LogP contribution < -0.4 is 14.2 Å². The molecule has 0 radical (unpaired) electrons. The first kappa shape index (κ1) is 17.7. The summed E-state index contributed by atoms with van der Waals surface area (Å²) in [5, 5.41) is 9.96. The quantitative estimate of drug-likeness (QED) is 0.898. The lowest BCUT2D eigenvalue weighted by atomic mass is 9.89. The van der Waals surface area contributed by atoms with Crippen molar-refractivity contribution in [2.24, 2.45) is 0 Å². The molecular weight excluding hydrogens is 313 g/mol. The second-order valence-electron chi connectivity index (χ2n) is 4.22. The van der Waals surface area contributed by atoms with Crippen LogP contribution in [-0.2, 0) is 5.60 Å². The Morgan fingerprint density at radius 2 is 1.52 bits per heavy atom. The Bertz CT molecular complexity index is 519. The van der Waals surface area contributed by atoms with Crippen LogP contribution in [0.3, 0.4) is 0 Å². The maximum Gasteiger partial charge on any atom is 0.421 e. The summed E-state index contributed by atoms with van der Waals surface area (Å²) in [7, 11) is 3.69. The third-order valence-corrected chi connectivity index (χ3v) is 3.46. The number of methoxy groups -OCH3 is 3. The molecule has 0 fully saturated rings. The first-order chi connectivity index (χ1) is 9.67. The summed E-state index contributed by atoms with van der Waals surface area (Å²) in [6.07, 6.45) is -5.52. The van der Waals surface area contributed by atoms with Crippen LogP contribution in [0.4, 0.5) is 13.2 Å². The van der Waals surface area contributed by atoms with E-state index in [0.717, 1.165) is 6.07 Å². The van der Waals surface area contributed by atoms with Crippen molar-refractivity contribution in [3.63, 3.8) is 0 Å². The van der Waals surface area contributed by atoms with E-state index in [-0.39, 0.29) is 22.3 Å². The van der Waals surface area contributed by atoms with Gasteiger partial charge < -0.3 is 19.3 Å². The molecule has 8 heteroatoms. The molecule has 0 amide bonds. The van der Waals surface area contributed by atoms with E-state index in [1.165, 1.54) is 28.3 Å². The van der Waals surface area contributed by atoms with Crippen molar-refractivity contribution in [3.05, 3.63) is 16.7 Å². The molecule has 0 aromatic heterocycles. The highest BCUT2D eigenvalue weighted by Gasteiger charge is 2.55. The number of halogens is 4. The standard InChI is InChI=1S/C13H16ClF3O4/c1-5-12(18,13(15,16)17)7-6-8(14)10(20-3)11(21-4)9(7)19-2/h6,18H,5H2,1-4H3. The normalized spacial score (nSPS) is 14.5. The summed E-state index contributed by atoms with van der Waals surface area (Å²) in [5.74, 6) is -0.362. The van der Waals surface area contributed by atoms with Gasteiger partial charge in [-0.25, -0.2) is 0 Å². The van der Waals surface area contributed by atoms with E-state index in [1.54, 1.807) is 0 Å². The Morgan fingerprint density at radius 1 is 1.05 bits per heavy atom. The SMILES string of the molecule is CCC(O)(c1cc(Cl)c(OC)c(OC)c1OC)C(F)(F)F. The third kappa shape index (κ3) is 2.85. The fourth-order valence-electron chi connectivity index (χ4n) is 2.02. The van der Waals surface area contributed by atoms with Gasteiger partial charge in [-0.2, -0.15) is 13.2 Å². The molecule has 0 spiro atoms. The first-order valence-corrected chi connectivity index (χ1v) is 6.33. The molecule has 120 valence electrons. The summed E-state index contributed by atoms with van der Waals surface area (Å²) in [6, 6.07) is 0.971. The number of hydrogen-bond donors (Lipinski definition) is 1. The van der Waals surface area contributed by atoms with E-state index < -0.39 is 23.8 Å². The van der Waals surface area contributed by atoms with Gasteiger partial charge >= 0.3 is 6.18 Å². The van der Waals surface area contributed by atoms with Crippen molar-refractivity contribution in [1.29, 1.82) is 0 Å². The van der Waals surface area contributed by atoms with E-state index in [2.05, 4.69) is 0 Å². The molecule has 0 bridgehead atoms. The minimum absolute atomic E-state index is 0.0281. The summed E-state index contributed by atoms with van der Waals surface area (Å²) >= 11 is 5.92. The van der Waals surface area contributed by atoms with E-state index in [0.29, 0.717) is 0 Å². The van der Waals surface area contributed by atoms with Gasteiger partial charge in [0, 0.05) is 5.56 Å². The predicted molar refractivity (Wildman–Crippen MR) is 71.4 cm³/mol. The van der Waals surface area contributed by atoms with E-state index in [1.807, 2.05) is 0 Å². The molecule has 4 nitrogen and oxygen atoms in total. The molecule has 0 aliphatic rings. The van der Waals surface area contributed by atoms with E-state index in [4.69, 9.17) is 25.8 Å². The van der Waals surface area contributed by atoms with Crippen molar-refractivity contribution >= 4 is 11.6 Å². The maximum absolute atomic E-state index is 13.2. The van der Waals surface area contributed by atoms with Crippen molar-refractivity contribution in [1.82, 2.24) is 0 Å². The van der Waals surface area contributed by atoms with Crippen molar-refractivity contribution in [2.75, 3.05) is 21.3 Å². The van der Waals surface area contributed by atoms with Crippen LogP contribution in [0.2, 0.25) is 5.02 Å². The molecule has 1 aromatic carbocycles. The highest BCUT2D eigenvalue weighted by molar-refractivity contribution is 6.32. The number of alkyl halides is 3. The van der Waals surface area contributed by atoms with Gasteiger partial charge in [0.1, 0.15) is 0 Å². The van der Waals surface area contributed by atoms with Gasteiger partial charge in [-0.1, -0.05) is 18.5 Å². The molecule has 0 aliphatic heterocycles. The molecule has 21 heavy (non-hydrogen) atoms. The van der Waals surface area contributed by atoms with Crippen molar-refractivity contribution < 1.29 is 32.5 Å². The van der Waals surface area contributed by atoms with Crippen LogP contribution >= 0.6 is 11.6 Å². The lowest BCUT2D eigenvalue weighted by molar-refractivity contribution is -0.268. The summed E-state index contributed by atoms with van der Waals surface area (Å²) in [6.45, 7) is 1.21. The zero-order chi connectivity index (χ0) is 16.4. The van der Waals surface area contributed by atoms with E-state index in [9.17, 15) is 18.3 Å². The van der Waals surface area contributed by atoms with Crippen LogP contribution in [0.15, 0.2) is 6.07 Å². The van der Waals surface area contributed by atoms with Gasteiger partial charge in [0.2, 0.25) is 5.75 Å². The monoisotopic (exact) mass is 328 g/mol. The fraction of sp³-hybridized carbons (Fsp3) is 0.538. The highest BCUT2D eigenvalue weighted by atomic mass is 35.5. The molecule has 1 N–H and O–H groups in total. The van der Waals surface area contributed by atoms with E-state index >= 15 is 0 Å². The fourth-order valence-corrected chi connectivity index (χ4v) is 2.29. The Morgan fingerprint density at radius 3 is 1.86 bits per heavy atom. The highest BCUT2D eigenvalue weighted by Crippen LogP contribution is 2.52. The molecule has 0 saturated heterocycles. The first-order valence-electron chi connectivity index (χ1n) is 5.95. The molecule has 0 heterocycles. The molecule has 1 aromatic rings. The van der Waals surface area contributed by atoms with Crippen LogP contribution in [0.5, 0.6) is 17.2 Å². The van der Waals surface area contributed by atoms with Crippen LogP contribution in [0, 0.1) is 0 Å². The molecule has 0 saturated carbocycles. The van der Waals surface area contributed by atoms with Gasteiger partial charge in [0.15, 0.2) is 17.1 Å². The summed E-state index contributed by atoms with van der Waals surface area (Å²) < 4.78 is 54.7. The van der Waals surface area contributed by atoms with Gasteiger partial charge in [-0.3, -0.25) is 0 Å². The van der Waals surface area contributed by atoms with Crippen molar-refractivity contribution in [2.45, 2.75) is 25.1 Å². The predicted octanol–water partition coefficient (Wildman–Crippen LogP) is 3.53. The Kier molecular flexibility index (Phi) is 5.22. The number of benzene rings is 1. The average molecular weight is 329 g/mol. The van der Waals surface area contributed by atoms with Gasteiger partial charge in [-0.05, 0) is 12.5 Å².